The van der Waals surface area contributed by atoms with Crippen molar-refractivity contribution in [1.82, 2.24) is 4.98 Å². The van der Waals surface area contributed by atoms with Gasteiger partial charge in [-0.2, -0.15) is 4.98 Å². The number of halogens is 1. The fourth-order valence-electron chi connectivity index (χ4n) is 1.49. The molecule has 0 atom stereocenters. The van der Waals surface area contributed by atoms with Crippen LogP contribution in [0.25, 0.3) is 0 Å². The Bertz CT molecular complexity index is 476. The van der Waals surface area contributed by atoms with Crippen molar-refractivity contribution in [1.29, 1.82) is 0 Å². The lowest BCUT2D eigenvalue weighted by molar-refractivity contribution is 0.541. The van der Waals surface area contributed by atoms with Crippen LogP contribution in [0.15, 0.2) is 28.7 Å². The molecule has 2 rings (SSSR count). The molecule has 0 aliphatic heterocycles. The van der Waals surface area contributed by atoms with Gasteiger partial charge in [-0.05, 0) is 24.6 Å². The van der Waals surface area contributed by atoms with E-state index in [1.165, 1.54) is 12.1 Å². The maximum absolute atomic E-state index is 12.7. The summed E-state index contributed by atoms with van der Waals surface area (Å²) < 4.78 is 18.1. The molecule has 0 amide bonds. The number of aryl methyl sites for hydroxylation is 1. The Hall–Kier alpha value is -1.84. The van der Waals surface area contributed by atoms with Gasteiger partial charge in [0.05, 0.1) is 5.69 Å². The van der Waals surface area contributed by atoms with Gasteiger partial charge in [-0.3, -0.25) is 0 Å². The summed E-state index contributed by atoms with van der Waals surface area (Å²) in [6, 6.07) is 6.91. The van der Waals surface area contributed by atoms with E-state index in [1.807, 2.05) is 6.92 Å². The molecule has 1 heterocycles. The lowest BCUT2D eigenvalue weighted by Gasteiger charge is -1.98. The van der Waals surface area contributed by atoms with E-state index in [0.29, 0.717) is 12.4 Å². The number of oxazole rings is 1. The molecule has 0 bridgehead atoms. The second kappa shape index (κ2) is 4.35. The summed E-state index contributed by atoms with van der Waals surface area (Å²) in [7, 11) is 1.76. The number of anilines is 1. The maximum Gasteiger partial charge on any atom is 0.294 e. The molecule has 84 valence electrons. The first-order chi connectivity index (χ1) is 7.69. The molecule has 1 N–H and O–H groups in total. The summed E-state index contributed by atoms with van der Waals surface area (Å²) in [5, 5.41) is 2.85. The van der Waals surface area contributed by atoms with Crippen molar-refractivity contribution in [3.8, 4) is 0 Å². The topological polar surface area (TPSA) is 38.1 Å². The second-order valence-corrected chi connectivity index (χ2v) is 3.58. The van der Waals surface area contributed by atoms with Crippen LogP contribution in [0.1, 0.15) is 17.0 Å². The van der Waals surface area contributed by atoms with E-state index in [4.69, 9.17) is 4.42 Å². The molecule has 0 saturated carbocycles. The van der Waals surface area contributed by atoms with Crippen LogP contribution >= 0.6 is 0 Å². The zero-order valence-electron chi connectivity index (χ0n) is 9.25. The number of nitrogens with zero attached hydrogens (tertiary/aromatic N) is 1. The smallest absolute Gasteiger partial charge is 0.294 e. The minimum absolute atomic E-state index is 0.225. The van der Waals surface area contributed by atoms with Crippen molar-refractivity contribution < 1.29 is 8.81 Å². The van der Waals surface area contributed by atoms with Gasteiger partial charge in [-0.15, -0.1) is 0 Å². The van der Waals surface area contributed by atoms with Crippen LogP contribution in [-0.4, -0.2) is 12.0 Å². The summed E-state index contributed by atoms with van der Waals surface area (Å²) in [5.41, 5.74) is 1.89. The van der Waals surface area contributed by atoms with Gasteiger partial charge in [0.2, 0.25) is 0 Å². The highest BCUT2D eigenvalue weighted by molar-refractivity contribution is 5.29. The van der Waals surface area contributed by atoms with Gasteiger partial charge in [-0.25, -0.2) is 4.39 Å². The Kier molecular flexibility index (Phi) is 2.90. The van der Waals surface area contributed by atoms with Crippen molar-refractivity contribution in [3.05, 3.63) is 47.1 Å². The average molecular weight is 220 g/mol. The van der Waals surface area contributed by atoms with Crippen molar-refractivity contribution in [2.45, 2.75) is 13.3 Å². The summed E-state index contributed by atoms with van der Waals surface area (Å²) in [4.78, 5) is 4.27. The van der Waals surface area contributed by atoms with Gasteiger partial charge in [-0.1, -0.05) is 12.1 Å². The van der Waals surface area contributed by atoms with E-state index >= 15 is 0 Å². The highest BCUT2D eigenvalue weighted by Crippen LogP contribution is 2.17. The molecule has 0 aliphatic rings. The van der Waals surface area contributed by atoms with E-state index < -0.39 is 0 Å². The number of benzene rings is 1. The number of nitrogens with one attached hydrogen (secondary N) is 1. The minimum atomic E-state index is -0.225. The molecular weight excluding hydrogens is 207 g/mol. The molecule has 0 aliphatic carbocycles. The van der Waals surface area contributed by atoms with Gasteiger partial charge in [0.1, 0.15) is 11.6 Å². The van der Waals surface area contributed by atoms with Gasteiger partial charge in [0, 0.05) is 13.5 Å². The van der Waals surface area contributed by atoms with E-state index in [1.54, 1.807) is 19.2 Å². The Morgan fingerprint density at radius 3 is 2.56 bits per heavy atom. The molecule has 4 heteroatoms. The zero-order valence-corrected chi connectivity index (χ0v) is 9.25. The first-order valence-electron chi connectivity index (χ1n) is 5.07. The molecule has 2 aromatic rings. The van der Waals surface area contributed by atoms with Crippen LogP contribution in [0.2, 0.25) is 0 Å². The van der Waals surface area contributed by atoms with Crippen molar-refractivity contribution >= 4 is 6.01 Å². The second-order valence-electron chi connectivity index (χ2n) is 3.58. The van der Waals surface area contributed by atoms with Gasteiger partial charge >= 0.3 is 0 Å². The standard InChI is InChI=1S/C12H13FN2O/c1-8-11(15-12(14-2)16-8)7-9-3-5-10(13)6-4-9/h3-6H,7H2,1-2H3,(H,14,15). The molecular formula is C12H13FN2O. The third kappa shape index (κ3) is 2.21. The molecule has 0 unspecified atom stereocenters. The third-order valence-electron chi connectivity index (χ3n) is 2.39. The van der Waals surface area contributed by atoms with Crippen LogP contribution < -0.4 is 5.32 Å². The molecule has 3 nitrogen and oxygen atoms in total. The minimum Gasteiger partial charge on any atom is -0.429 e. The van der Waals surface area contributed by atoms with Crippen molar-refractivity contribution in [2.24, 2.45) is 0 Å². The third-order valence-corrected chi connectivity index (χ3v) is 2.39. The van der Waals surface area contributed by atoms with E-state index in [-0.39, 0.29) is 5.82 Å². The first kappa shape index (κ1) is 10.7. The van der Waals surface area contributed by atoms with Gasteiger partial charge < -0.3 is 9.73 Å². The Morgan fingerprint density at radius 1 is 1.31 bits per heavy atom. The zero-order chi connectivity index (χ0) is 11.5. The van der Waals surface area contributed by atoms with Crippen molar-refractivity contribution in [2.75, 3.05) is 12.4 Å². The van der Waals surface area contributed by atoms with Crippen LogP contribution in [0, 0.1) is 12.7 Å². The SMILES string of the molecule is CNc1nc(Cc2ccc(F)cc2)c(C)o1. The lowest BCUT2D eigenvalue weighted by Crippen LogP contribution is -1.92. The predicted molar refractivity (Wildman–Crippen MR) is 60.0 cm³/mol. The molecule has 16 heavy (non-hydrogen) atoms. The summed E-state index contributed by atoms with van der Waals surface area (Å²) in [6.45, 7) is 1.87. The largest absolute Gasteiger partial charge is 0.429 e. The lowest BCUT2D eigenvalue weighted by atomic mass is 10.1. The number of rotatable bonds is 3. The van der Waals surface area contributed by atoms with Gasteiger partial charge in [0.25, 0.3) is 6.01 Å². The Labute approximate surface area is 93.3 Å². The molecule has 0 saturated heterocycles. The number of hydrogen-bond donors (Lipinski definition) is 1. The number of hydrogen-bond acceptors (Lipinski definition) is 3. The van der Waals surface area contributed by atoms with Crippen LogP contribution in [-0.2, 0) is 6.42 Å². The van der Waals surface area contributed by atoms with Crippen LogP contribution in [0.5, 0.6) is 0 Å². The molecule has 1 aromatic heterocycles. The van der Waals surface area contributed by atoms with Gasteiger partial charge in [0.15, 0.2) is 0 Å². The molecule has 0 fully saturated rings. The summed E-state index contributed by atoms with van der Waals surface area (Å²) >= 11 is 0. The Morgan fingerprint density at radius 2 is 2.00 bits per heavy atom. The number of aromatic nitrogens is 1. The molecule has 1 aromatic carbocycles. The van der Waals surface area contributed by atoms with Crippen LogP contribution in [0.4, 0.5) is 10.4 Å². The Balaban J connectivity index is 2.19. The predicted octanol–water partition coefficient (Wildman–Crippen LogP) is 2.75. The monoisotopic (exact) mass is 220 g/mol. The van der Waals surface area contributed by atoms with E-state index in [2.05, 4.69) is 10.3 Å². The normalized spacial score (nSPS) is 10.4. The summed E-state index contributed by atoms with van der Waals surface area (Å²) in [6.07, 6.45) is 0.650. The molecule has 0 spiro atoms. The highest BCUT2D eigenvalue weighted by atomic mass is 19.1. The fourth-order valence-corrected chi connectivity index (χ4v) is 1.49. The average Bonchev–Trinajstić information content (AvgIpc) is 2.63. The highest BCUT2D eigenvalue weighted by Gasteiger charge is 2.08. The summed E-state index contributed by atoms with van der Waals surface area (Å²) in [5.74, 6) is 0.560. The first-order valence-corrected chi connectivity index (χ1v) is 5.07. The van der Waals surface area contributed by atoms with Crippen molar-refractivity contribution in [3.63, 3.8) is 0 Å². The molecule has 0 radical (unpaired) electrons. The van der Waals surface area contributed by atoms with Crippen LogP contribution in [0.3, 0.4) is 0 Å². The van der Waals surface area contributed by atoms with E-state index in [0.717, 1.165) is 17.0 Å². The van der Waals surface area contributed by atoms with E-state index in [9.17, 15) is 4.39 Å². The maximum atomic E-state index is 12.7. The fraction of sp³-hybridized carbons (Fsp3) is 0.250. The quantitative estimate of drug-likeness (QED) is 0.864.